The lowest BCUT2D eigenvalue weighted by molar-refractivity contribution is 0.0697. The van der Waals surface area contributed by atoms with Crippen LogP contribution in [0.1, 0.15) is 26.3 Å². The van der Waals surface area contributed by atoms with Gasteiger partial charge in [0.05, 0.1) is 6.54 Å². The second kappa shape index (κ2) is 6.11. The van der Waals surface area contributed by atoms with E-state index in [1.807, 2.05) is 51.1 Å². The van der Waals surface area contributed by atoms with Crippen LogP contribution in [0.25, 0.3) is 0 Å². The number of carbonyl (C=O) groups excluding carboxylic acids is 1. The van der Waals surface area contributed by atoms with Crippen molar-refractivity contribution in [3.05, 3.63) is 35.9 Å². The lowest BCUT2D eigenvalue weighted by Crippen LogP contribution is -2.46. The predicted molar refractivity (Wildman–Crippen MR) is 71.9 cm³/mol. The Morgan fingerprint density at radius 3 is 2.44 bits per heavy atom. The van der Waals surface area contributed by atoms with Gasteiger partial charge in [0.15, 0.2) is 0 Å². The second-order valence-corrected chi connectivity index (χ2v) is 5.00. The van der Waals surface area contributed by atoms with Crippen molar-refractivity contribution < 1.29 is 9.53 Å². The number of amides is 1. The van der Waals surface area contributed by atoms with Gasteiger partial charge in [-0.25, -0.2) is 4.79 Å². The van der Waals surface area contributed by atoms with Crippen LogP contribution >= 0.6 is 0 Å². The van der Waals surface area contributed by atoms with Gasteiger partial charge >= 0.3 is 6.09 Å². The monoisotopic (exact) mass is 245 g/mol. The van der Waals surface area contributed by atoms with Crippen molar-refractivity contribution in [2.24, 2.45) is 0 Å². The number of terminal acetylenes is 1. The minimum Gasteiger partial charge on any atom is -0.445 e. The normalized spacial score (nSPS) is 10.6. The summed E-state index contributed by atoms with van der Waals surface area (Å²) in [6, 6.07) is 9.56. The third-order valence-electron chi connectivity index (χ3n) is 2.48. The molecule has 0 aliphatic heterocycles. The summed E-state index contributed by atoms with van der Waals surface area (Å²) in [6.07, 6.45) is 4.89. The SMILES string of the molecule is C#CCN(C(=O)OCc1ccccc1)C(C)(C)C. The summed E-state index contributed by atoms with van der Waals surface area (Å²) in [7, 11) is 0. The van der Waals surface area contributed by atoms with Crippen molar-refractivity contribution in [2.45, 2.75) is 32.9 Å². The van der Waals surface area contributed by atoms with Crippen LogP contribution in [0.2, 0.25) is 0 Å². The molecular weight excluding hydrogens is 226 g/mol. The molecule has 0 heterocycles. The molecule has 0 saturated carbocycles. The second-order valence-electron chi connectivity index (χ2n) is 5.00. The first-order chi connectivity index (χ1) is 8.45. The minimum atomic E-state index is -0.385. The van der Waals surface area contributed by atoms with Crippen molar-refractivity contribution in [2.75, 3.05) is 6.54 Å². The first kappa shape index (κ1) is 14.1. The molecule has 0 aromatic heterocycles. The van der Waals surface area contributed by atoms with Gasteiger partial charge in [0.2, 0.25) is 0 Å². The van der Waals surface area contributed by atoms with E-state index in [2.05, 4.69) is 5.92 Å². The van der Waals surface area contributed by atoms with Crippen LogP contribution in [0.3, 0.4) is 0 Å². The van der Waals surface area contributed by atoms with Gasteiger partial charge < -0.3 is 4.74 Å². The van der Waals surface area contributed by atoms with Crippen molar-refractivity contribution >= 4 is 6.09 Å². The van der Waals surface area contributed by atoms with Crippen LogP contribution in [0.4, 0.5) is 4.79 Å². The summed E-state index contributed by atoms with van der Waals surface area (Å²) in [4.78, 5) is 13.5. The molecule has 0 atom stereocenters. The zero-order valence-corrected chi connectivity index (χ0v) is 11.1. The maximum atomic E-state index is 12.0. The van der Waals surface area contributed by atoms with Crippen LogP contribution in [-0.2, 0) is 11.3 Å². The molecule has 1 rings (SSSR count). The van der Waals surface area contributed by atoms with E-state index in [0.717, 1.165) is 5.56 Å². The number of carbonyl (C=O) groups is 1. The Hall–Kier alpha value is -1.95. The topological polar surface area (TPSA) is 29.5 Å². The van der Waals surface area contributed by atoms with Crippen LogP contribution in [-0.4, -0.2) is 23.1 Å². The average molecular weight is 245 g/mol. The molecule has 1 aromatic carbocycles. The van der Waals surface area contributed by atoms with E-state index < -0.39 is 0 Å². The Labute approximate surface area is 109 Å². The largest absolute Gasteiger partial charge is 0.445 e. The first-order valence-corrected chi connectivity index (χ1v) is 5.87. The van der Waals surface area contributed by atoms with E-state index in [1.165, 1.54) is 4.90 Å². The summed E-state index contributed by atoms with van der Waals surface area (Å²) in [5, 5.41) is 0. The summed E-state index contributed by atoms with van der Waals surface area (Å²) >= 11 is 0. The number of rotatable bonds is 3. The van der Waals surface area contributed by atoms with Gasteiger partial charge in [-0.2, -0.15) is 0 Å². The Morgan fingerprint density at radius 1 is 1.33 bits per heavy atom. The third kappa shape index (κ3) is 4.14. The van der Waals surface area contributed by atoms with Gasteiger partial charge in [-0.15, -0.1) is 6.42 Å². The van der Waals surface area contributed by atoms with Crippen LogP contribution < -0.4 is 0 Å². The Bertz CT molecular complexity index is 426. The molecule has 0 aliphatic carbocycles. The standard InChI is InChI=1S/C15H19NO2/c1-5-11-16(15(2,3)4)14(17)18-12-13-9-7-6-8-10-13/h1,6-10H,11-12H2,2-4H3. The molecule has 0 fully saturated rings. The number of hydrogen-bond acceptors (Lipinski definition) is 2. The maximum Gasteiger partial charge on any atom is 0.411 e. The smallest absolute Gasteiger partial charge is 0.411 e. The van der Waals surface area contributed by atoms with Gasteiger partial charge in [0.1, 0.15) is 6.61 Å². The van der Waals surface area contributed by atoms with E-state index >= 15 is 0 Å². The molecule has 3 heteroatoms. The zero-order valence-electron chi connectivity index (χ0n) is 11.1. The highest BCUT2D eigenvalue weighted by Gasteiger charge is 2.26. The molecule has 0 unspecified atom stereocenters. The van der Waals surface area contributed by atoms with Crippen molar-refractivity contribution in [3.8, 4) is 12.3 Å². The van der Waals surface area contributed by atoms with Crippen LogP contribution in [0.15, 0.2) is 30.3 Å². The lowest BCUT2D eigenvalue weighted by atomic mass is 10.1. The fourth-order valence-electron chi connectivity index (χ4n) is 1.46. The number of ether oxygens (including phenoxy) is 1. The van der Waals surface area contributed by atoms with Gasteiger partial charge in [0.25, 0.3) is 0 Å². The summed E-state index contributed by atoms with van der Waals surface area (Å²) in [5.41, 5.74) is 0.612. The highest BCUT2D eigenvalue weighted by Crippen LogP contribution is 2.14. The van der Waals surface area contributed by atoms with Crippen LogP contribution in [0.5, 0.6) is 0 Å². The van der Waals surface area contributed by atoms with Gasteiger partial charge in [-0.3, -0.25) is 4.90 Å². The predicted octanol–water partition coefficient (Wildman–Crippen LogP) is 3.06. The fourth-order valence-corrected chi connectivity index (χ4v) is 1.46. The van der Waals surface area contributed by atoms with E-state index in [0.29, 0.717) is 0 Å². The van der Waals surface area contributed by atoms with Crippen molar-refractivity contribution in [1.82, 2.24) is 4.90 Å². The maximum absolute atomic E-state index is 12.0. The number of hydrogen-bond donors (Lipinski definition) is 0. The quantitative estimate of drug-likeness (QED) is 0.766. The molecular formula is C15H19NO2. The summed E-state index contributed by atoms with van der Waals surface area (Å²) < 4.78 is 5.26. The van der Waals surface area contributed by atoms with Gasteiger partial charge in [0, 0.05) is 5.54 Å². The number of nitrogens with zero attached hydrogens (tertiary/aromatic N) is 1. The summed E-state index contributed by atoms with van der Waals surface area (Å²) in [5.74, 6) is 2.48. The van der Waals surface area contributed by atoms with Crippen molar-refractivity contribution in [3.63, 3.8) is 0 Å². The molecule has 96 valence electrons. The third-order valence-corrected chi connectivity index (χ3v) is 2.48. The Balaban J connectivity index is 2.61. The van der Waals surface area contributed by atoms with Crippen molar-refractivity contribution in [1.29, 1.82) is 0 Å². The minimum absolute atomic E-state index is 0.247. The average Bonchev–Trinajstić information content (AvgIpc) is 2.33. The summed E-state index contributed by atoms with van der Waals surface area (Å²) in [6.45, 7) is 6.28. The highest BCUT2D eigenvalue weighted by molar-refractivity contribution is 5.69. The van der Waals surface area contributed by atoms with Crippen LogP contribution in [0, 0.1) is 12.3 Å². The van der Waals surface area contributed by atoms with E-state index in [4.69, 9.17) is 11.2 Å². The van der Waals surface area contributed by atoms with E-state index in [1.54, 1.807) is 0 Å². The molecule has 0 bridgehead atoms. The van der Waals surface area contributed by atoms with E-state index in [9.17, 15) is 4.79 Å². The molecule has 0 radical (unpaired) electrons. The number of benzene rings is 1. The van der Waals surface area contributed by atoms with E-state index in [-0.39, 0.29) is 24.8 Å². The first-order valence-electron chi connectivity index (χ1n) is 5.87. The molecule has 0 spiro atoms. The fraction of sp³-hybridized carbons (Fsp3) is 0.400. The Kier molecular flexibility index (Phi) is 4.79. The Morgan fingerprint density at radius 2 is 1.94 bits per heavy atom. The molecule has 18 heavy (non-hydrogen) atoms. The highest BCUT2D eigenvalue weighted by atomic mass is 16.6. The lowest BCUT2D eigenvalue weighted by Gasteiger charge is -2.33. The molecule has 0 N–H and O–H groups in total. The molecule has 1 amide bonds. The van der Waals surface area contributed by atoms with Gasteiger partial charge in [-0.05, 0) is 26.3 Å². The molecule has 1 aromatic rings. The van der Waals surface area contributed by atoms with Gasteiger partial charge in [-0.1, -0.05) is 36.3 Å². The molecule has 0 saturated heterocycles. The molecule has 0 aliphatic rings. The molecule has 3 nitrogen and oxygen atoms in total. The zero-order chi connectivity index (χ0) is 13.6.